The lowest BCUT2D eigenvalue weighted by Gasteiger charge is -2.26. The van der Waals surface area contributed by atoms with Gasteiger partial charge >= 0.3 is 6.09 Å². The molecule has 0 saturated carbocycles. The fourth-order valence-corrected chi connectivity index (χ4v) is 3.00. The van der Waals surface area contributed by atoms with Gasteiger partial charge in [0.1, 0.15) is 6.61 Å². The van der Waals surface area contributed by atoms with E-state index in [0.29, 0.717) is 12.8 Å². The number of carbonyl (C=O) groups excluding carboxylic acids is 2. The van der Waals surface area contributed by atoms with Crippen molar-refractivity contribution in [2.45, 2.75) is 37.8 Å². The summed E-state index contributed by atoms with van der Waals surface area (Å²) < 4.78 is 5.08. The van der Waals surface area contributed by atoms with Crippen molar-refractivity contribution in [3.05, 3.63) is 61.2 Å². The van der Waals surface area contributed by atoms with Crippen LogP contribution in [0.15, 0.2) is 55.6 Å². The summed E-state index contributed by atoms with van der Waals surface area (Å²) in [5, 5.41) is 10.3. The number of allylic oxidation sites excluding steroid dienone is 1. The Morgan fingerprint density at radius 1 is 1.36 bits per heavy atom. The molecular weight excluding hydrogens is 318 g/mol. The van der Waals surface area contributed by atoms with Crippen molar-refractivity contribution < 1.29 is 19.4 Å². The molecule has 1 aromatic rings. The molecule has 0 aromatic heterocycles. The molecule has 1 aromatic carbocycles. The Bertz CT molecular complexity index is 613. The lowest BCUT2D eigenvalue weighted by atomic mass is 9.95. The Kier molecular flexibility index (Phi) is 6.95. The molecule has 0 unspecified atom stereocenters. The summed E-state index contributed by atoms with van der Waals surface area (Å²) in [6, 6.07) is 9.26. The number of hydrogen-bond acceptors (Lipinski definition) is 4. The van der Waals surface area contributed by atoms with Gasteiger partial charge in [0.05, 0.1) is 18.1 Å². The molecule has 5 heteroatoms. The average Bonchev–Trinajstić information content (AvgIpc) is 2.97. The Balaban J connectivity index is 2.08. The van der Waals surface area contributed by atoms with Gasteiger partial charge in [0, 0.05) is 0 Å². The van der Waals surface area contributed by atoms with Gasteiger partial charge in [0.2, 0.25) is 5.91 Å². The van der Waals surface area contributed by atoms with E-state index >= 15 is 0 Å². The predicted molar refractivity (Wildman–Crippen MR) is 95.9 cm³/mol. The van der Waals surface area contributed by atoms with Crippen LogP contribution in [0.2, 0.25) is 0 Å². The van der Waals surface area contributed by atoms with Gasteiger partial charge in [-0.15, -0.1) is 13.2 Å². The zero-order valence-corrected chi connectivity index (χ0v) is 14.3. The summed E-state index contributed by atoms with van der Waals surface area (Å²) >= 11 is 0. The third-order valence-electron chi connectivity index (χ3n) is 4.37. The molecule has 1 N–H and O–H groups in total. The molecule has 1 saturated heterocycles. The Hall–Kier alpha value is -2.40. The van der Waals surface area contributed by atoms with Crippen molar-refractivity contribution in [2.24, 2.45) is 5.92 Å². The van der Waals surface area contributed by atoms with E-state index in [1.807, 2.05) is 30.3 Å². The molecule has 2 amide bonds. The van der Waals surface area contributed by atoms with E-state index < -0.39 is 24.0 Å². The molecule has 1 aliphatic rings. The van der Waals surface area contributed by atoms with Crippen LogP contribution < -0.4 is 0 Å². The molecule has 1 fully saturated rings. The molecule has 0 spiro atoms. The highest BCUT2D eigenvalue weighted by atomic mass is 16.6. The highest BCUT2D eigenvalue weighted by Gasteiger charge is 2.41. The second-order valence-electron chi connectivity index (χ2n) is 6.18. The maximum absolute atomic E-state index is 12.8. The molecule has 1 aliphatic heterocycles. The number of carbonyl (C=O) groups is 2. The smallest absolute Gasteiger partial charge is 0.417 e. The Morgan fingerprint density at radius 3 is 2.72 bits per heavy atom. The van der Waals surface area contributed by atoms with Crippen molar-refractivity contribution in [1.82, 2.24) is 4.90 Å². The van der Waals surface area contributed by atoms with E-state index in [2.05, 4.69) is 13.2 Å². The molecule has 0 radical (unpaired) electrons. The standard InChI is InChI=1S/C20H25NO4/c1-3-5-7-12-18(22)17(4-2)19(23)21-16(14-25-20(21)24)13-15-10-8-6-9-11-15/h3-4,6,8-11,16-18,22H,1-2,5,7,12-14H2/t16-,17-,18+/m0/s1. The van der Waals surface area contributed by atoms with Crippen LogP contribution in [0, 0.1) is 5.92 Å². The predicted octanol–water partition coefficient (Wildman–Crippen LogP) is 3.10. The maximum Gasteiger partial charge on any atom is 0.417 e. The van der Waals surface area contributed by atoms with Crippen LogP contribution in [0.3, 0.4) is 0 Å². The highest BCUT2D eigenvalue weighted by Crippen LogP contribution is 2.23. The summed E-state index contributed by atoms with van der Waals surface area (Å²) in [6.07, 6.45) is 4.09. The number of benzene rings is 1. The van der Waals surface area contributed by atoms with Crippen LogP contribution in [0.25, 0.3) is 0 Å². The lowest BCUT2D eigenvalue weighted by molar-refractivity contribution is -0.135. The zero-order valence-electron chi connectivity index (χ0n) is 14.3. The lowest BCUT2D eigenvalue weighted by Crippen LogP contribution is -2.46. The van der Waals surface area contributed by atoms with Crippen LogP contribution in [0.4, 0.5) is 4.79 Å². The normalized spacial score (nSPS) is 19.2. The number of amides is 2. The number of unbranched alkanes of at least 4 members (excludes halogenated alkanes) is 1. The maximum atomic E-state index is 12.8. The van der Waals surface area contributed by atoms with Gasteiger partial charge in [-0.3, -0.25) is 4.79 Å². The molecule has 1 heterocycles. The van der Waals surface area contributed by atoms with E-state index in [4.69, 9.17) is 4.74 Å². The molecule has 0 aliphatic carbocycles. The molecule has 3 atom stereocenters. The van der Waals surface area contributed by atoms with Crippen molar-refractivity contribution >= 4 is 12.0 Å². The number of nitrogens with zero attached hydrogens (tertiary/aromatic N) is 1. The quantitative estimate of drug-likeness (QED) is 0.553. The summed E-state index contributed by atoms with van der Waals surface area (Å²) in [6.45, 7) is 7.46. The number of aliphatic hydroxyl groups excluding tert-OH is 1. The summed E-state index contributed by atoms with van der Waals surface area (Å²) in [7, 11) is 0. The van der Waals surface area contributed by atoms with Crippen molar-refractivity contribution in [3.8, 4) is 0 Å². The first-order valence-corrected chi connectivity index (χ1v) is 8.53. The van der Waals surface area contributed by atoms with Crippen molar-refractivity contribution in [3.63, 3.8) is 0 Å². The first-order chi connectivity index (χ1) is 12.1. The van der Waals surface area contributed by atoms with Crippen LogP contribution in [-0.2, 0) is 16.0 Å². The molecule has 5 nitrogen and oxygen atoms in total. The van der Waals surface area contributed by atoms with Gasteiger partial charge in [-0.1, -0.05) is 42.5 Å². The minimum Gasteiger partial charge on any atom is -0.447 e. The second-order valence-corrected chi connectivity index (χ2v) is 6.18. The van der Waals surface area contributed by atoms with Gasteiger partial charge in [-0.05, 0) is 31.2 Å². The fourth-order valence-electron chi connectivity index (χ4n) is 3.00. The number of imide groups is 1. The fraction of sp³-hybridized carbons (Fsp3) is 0.400. The Labute approximate surface area is 148 Å². The molecule has 134 valence electrons. The monoisotopic (exact) mass is 343 g/mol. The van der Waals surface area contributed by atoms with Crippen LogP contribution in [0.1, 0.15) is 24.8 Å². The zero-order chi connectivity index (χ0) is 18.2. The SMILES string of the molecule is C=CCCC[C@@H](O)[C@H](C=C)C(=O)N1C(=O)OC[C@@H]1Cc1ccccc1. The number of rotatable bonds is 9. The second kappa shape index (κ2) is 9.18. The van der Waals surface area contributed by atoms with E-state index in [1.165, 1.54) is 6.08 Å². The van der Waals surface area contributed by atoms with Gasteiger partial charge in [-0.2, -0.15) is 0 Å². The Morgan fingerprint density at radius 2 is 2.08 bits per heavy atom. The average molecular weight is 343 g/mol. The van der Waals surface area contributed by atoms with E-state index in [9.17, 15) is 14.7 Å². The number of hydrogen-bond donors (Lipinski definition) is 1. The molecule has 2 rings (SSSR count). The molecule has 25 heavy (non-hydrogen) atoms. The topological polar surface area (TPSA) is 66.8 Å². The number of cyclic esters (lactones) is 1. The summed E-state index contributed by atoms with van der Waals surface area (Å²) in [4.78, 5) is 26.0. The van der Waals surface area contributed by atoms with E-state index in [1.54, 1.807) is 6.08 Å². The summed E-state index contributed by atoms with van der Waals surface area (Å²) in [5.41, 5.74) is 1.02. The highest BCUT2D eigenvalue weighted by molar-refractivity contribution is 5.95. The van der Waals surface area contributed by atoms with Gasteiger partial charge in [-0.25, -0.2) is 9.69 Å². The van der Waals surface area contributed by atoms with Gasteiger partial charge in [0.25, 0.3) is 0 Å². The minimum absolute atomic E-state index is 0.163. The first kappa shape index (κ1) is 18.9. The first-order valence-electron chi connectivity index (χ1n) is 8.53. The van der Waals surface area contributed by atoms with Crippen molar-refractivity contribution in [1.29, 1.82) is 0 Å². The largest absolute Gasteiger partial charge is 0.447 e. The van der Waals surface area contributed by atoms with Crippen LogP contribution in [-0.4, -0.2) is 40.8 Å². The van der Waals surface area contributed by atoms with Crippen LogP contribution >= 0.6 is 0 Å². The van der Waals surface area contributed by atoms with Gasteiger partial charge in [0.15, 0.2) is 0 Å². The number of ether oxygens (including phenoxy) is 1. The van der Waals surface area contributed by atoms with Crippen LogP contribution in [0.5, 0.6) is 0 Å². The third-order valence-corrected chi connectivity index (χ3v) is 4.37. The molecule has 0 bridgehead atoms. The minimum atomic E-state index is -0.879. The third kappa shape index (κ3) is 4.79. The van der Waals surface area contributed by atoms with E-state index in [-0.39, 0.29) is 12.6 Å². The summed E-state index contributed by atoms with van der Waals surface area (Å²) in [5.74, 6) is -1.28. The van der Waals surface area contributed by atoms with E-state index in [0.717, 1.165) is 23.3 Å². The molecular formula is C20H25NO4. The number of aliphatic hydroxyl groups is 1. The van der Waals surface area contributed by atoms with Gasteiger partial charge < -0.3 is 9.84 Å². The van der Waals surface area contributed by atoms with Crippen molar-refractivity contribution in [2.75, 3.05) is 6.61 Å².